The molecule has 0 aliphatic carbocycles. The van der Waals surface area contributed by atoms with Crippen LogP contribution in [0.25, 0.3) is 27.9 Å². The fourth-order valence-corrected chi connectivity index (χ4v) is 4.98. The molecular weight excluding hydrogens is 522 g/mol. The van der Waals surface area contributed by atoms with Gasteiger partial charge in [-0.15, -0.1) is 0 Å². The van der Waals surface area contributed by atoms with Crippen LogP contribution in [0.5, 0.6) is 11.5 Å². The summed E-state index contributed by atoms with van der Waals surface area (Å²) in [6, 6.07) is 18.4. The number of furan rings is 1. The number of aromatic nitrogens is 1. The number of aryl methyl sites for hydroxylation is 2. The van der Waals surface area contributed by atoms with Crippen LogP contribution in [-0.4, -0.2) is 16.3 Å². The quantitative estimate of drug-likeness (QED) is 0.135. The summed E-state index contributed by atoms with van der Waals surface area (Å²) >= 11 is 3.41. The van der Waals surface area contributed by atoms with Crippen molar-refractivity contribution in [1.82, 2.24) is 4.57 Å². The predicted octanol–water partition coefficient (Wildman–Crippen LogP) is 7.31. The highest BCUT2D eigenvalue weighted by molar-refractivity contribution is 9.10. The van der Waals surface area contributed by atoms with Gasteiger partial charge in [-0.25, -0.2) is 4.79 Å². The lowest BCUT2D eigenvalue weighted by atomic mass is 10.0. The summed E-state index contributed by atoms with van der Waals surface area (Å²) < 4.78 is 20.2. The normalized spacial score (nSPS) is 14.0. The van der Waals surface area contributed by atoms with Crippen LogP contribution in [0.2, 0.25) is 0 Å². The molecule has 0 unspecified atom stereocenters. The first-order chi connectivity index (χ1) is 17.4. The standard InChI is InChI=1S/C29H20BrNO5/c1-3-31-15-18(21-6-4-5-7-22(21)31)13-25-28(32)27-16(2)10-20(14-24(27)36-25)34-29(33)26-12-17-11-19(30)8-9-23(17)35-26/h4-15H,3H2,1-2H3/b25-13-. The number of rotatable bonds is 4. The van der Waals surface area contributed by atoms with Crippen molar-refractivity contribution >= 4 is 55.6 Å². The summed E-state index contributed by atoms with van der Waals surface area (Å²) in [5, 5.41) is 1.83. The van der Waals surface area contributed by atoms with Gasteiger partial charge in [-0.05, 0) is 61.9 Å². The fraction of sp³-hybridized carbons (Fsp3) is 0.103. The minimum Gasteiger partial charge on any atom is -0.452 e. The van der Waals surface area contributed by atoms with E-state index in [0.29, 0.717) is 22.5 Å². The van der Waals surface area contributed by atoms with Crippen molar-refractivity contribution in [2.45, 2.75) is 20.4 Å². The van der Waals surface area contributed by atoms with Gasteiger partial charge in [0.15, 0.2) is 5.76 Å². The van der Waals surface area contributed by atoms with Gasteiger partial charge in [0.05, 0.1) is 5.56 Å². The number of esters is 1. The Balaban J connectivity index is 1.30. The summed E-state index contributed by atoms with van der Waals surface area (Å²) in [4.78, 5) is 25.9. The van der Waals surface area contributed by atoms with Crippen molar-refractivity contribution in [3.05, 3.63) is 99.5 Å². The van der Waals surface area contributed by atoms with Crippen LogP contribution in [0.15, 0.2) is 81.5 Å². The van der Waals surface area contributed by atoms with E-state index in [1.54, 1.807) is 37.3 Å². The Labute approximate surface area is 214 Å². The first kappa shape index (κ1) is 22.4. The van der Waals surface area contributed by atoms with Crippen molar-refractivity contribution in [3.8, 4) is 11.5 Å². The highest BCUT2D eigenvalue weighted by Crippen LogP contribution is 2.38. The Kier molecular flexibility index (Phi) is 5.30. The molecule has 6 rings (SSSR count). The number of carbonyl (C=O) groups excluding carboxylic acids is 2. The van der Waals surface area contributed by atoms with E-state index in [1.807, 2.05) is 36.5 Å². The van der Waals surface area contributed by atoms with Crippen molar-refractivity contribution in [2.75, 3.05) is 0 Å². The topological polar surface area (TPSA) is 70.7 Å². The van der Waals surface area contributed by atoms with Crippen molar-refractivity contribution in [1.29, 1.82) is 0 Å². The molecule has 36 heavy (non-hydrogen) atoms. The van der Waals surface area contributed by atoms with Crippen LogP contribution in [0, 0.1) is 6.92 Å². The molecule has 0 N–H and O–H groups in total. The third-order valence-electron chi connectivity index (χ3n) is 6.28. The van der Waals surface area contributed by atoms with E-state index in [1.165, 1.54) is 0 Å². The predicted molar refractivity (Wildman–Crippen MR) is 141 cm³/mol. The van der Waals surface area contributed by atoms with Crippen LogP contribution in [-0.2, 0) is 6.54 Å². The van der Waals surface area contributed by atoms with Gasteiger partial charge in [0, 0.05) is 45.1 Å². The van der Waals surface area contributed by atoms with E-state index in [-0.39, 0.29) is 23.1 Å². The molecule has 0 atom stereocenters. The Morgan fingerprint density at radius 3 is 2.78 bits per heavy atom. The SMILES string of the molecule is CCn1cc(/C=C2\Oc3cc(OC(=O)c4cc5cc(Br)ccc5o4)cc(C)c3C2=O)c2ccccc21. The minimum absolute atomic E-state index is 0.0890. The molecule has 2 aromatic heterocycles. The smallest absolute Gasteiger partial charge is 0.379 e. The number of ketones is 1. The highest BCUT2D eigenvalue weighted by Gasteiger charge is 2.31. The lowest BCUT2D eigenvalue weighted by molar-refractivity contribution is 0.0703. The summed E-state index contributed by atoms with van der Waals surface area (Å²) in [5.41, 5.74) is 3.72. The highest BCUT2D eigenvalue weighted by atomic mass is 79.9. The van der Waals surface area contributed by atoms with Crippen LogP contribution < -0.4 is 9.47 Å². The average Bonchev–Trinajstić information content (AvgIpc) is 3.53. The number of allylic oxidation sites excluding steroid dienone is 1. The van der Waals surface area contributed by atoms with Gasteiger partial charge in [-0.3, -0.25) is 4.79 Å². The maximum absolute atomic E-state index is 13.2. The lowest BCUT2D eigenvalue weighted by Crippen LogP contribution is -2.07. The summed E-state index contributed by atoms with van der Waals surface area (Å²) in [6.07, 6.45) is 3.79. The molecule has 0 saturated heterocycles. The zero-order valence-electron chi connectivity index (χ0n) is 19.5. The second-order valence-electron chi connectivity index (χ2n) is 8.62. The van der Waals surface area contributed by atoms with Gasteiger partial charge in [0.1, 0.15) is 17.1 Å². The summed E-state index contributed by atoms with van der Waals surface area (Å²) in [5.74, 6) is 0.131. The number of para-hydroxylation sites is 1. The Bertz CT molecular complexity index is 1740. The van der Waals surface area contributed by atoms with E-state index < -0.39 is 5.97 Å². The third-order valence-corrected chi connectivity index (χ3v) is 6.77. The molecule has 3 heterocycles. The van der Waals surface area contributed by atoms with Gasteiger partial charge in [0.25, 0.3) is 0 Å². The maximum atomic E-state index is 13.2. The number of hydrogen-bond acceptors (Lipinski definition) is 5. The molecular formula is C29H20BrNO5. The number of ether oxygens (including phenoxy) is 2. The molecule has 6 nitrogen and oxygen atoms in total. The number of halogens is 1. The largest absolute Gasteiger partial charge is 0.452 e. The van der Waals surface area contributed by atoms with Gasteiger partial charge in [-0.1, -0.05) is 34.1 Å². The van der Waals surface area contributed by atoms with E-state index in [2.05, 4.69) is 33.5 Å². The van der Waals surface area contributed by atoms with Gasteiger partial charge < -0.3 is 18.5 Å². The van der Waals surface area contributed by atoms with Crippen LogP contribution >= 0.6 is 15.9 Å². The molecule has 0 saturated carbocycles. The van der Waals surface area contributed by atoms with Crippen LogP contribution in [0.4, 0.5) is 0 Å². The molecule has 0 amide bonds. The summed E-state index contributed by atoms with van der Waals surface area (Å²) in [6.45, 7) is 4.68. The van der Waals surface area contributed by atoms with Crippen molar-refractivity contribution < 1.29 is 23.5 Å². The molecule has 0 spiro atoms. The van der Waals surface area contributed by atoms with Gasteiger partial charge in [0.2, 0.25) is 11.5 Å². The van der Waals surface area contributed by atoms with Gasteiger partial charge in [-0.2, -0.15) is 0 Å². The van der Waals surface area contributed by atoms with Crippen molar-refractivity contribution in [3.63, 3.8) is 0 Å². The Morgan fingerprint density at radius 1 is 1.11 bits per heavy atom. The maximum Gasteiger partial charge on any atom is 0.379 e. The number of fused-ring (bicyclic) bond motifs is 3. The molecule has 3 aromatic carbocycles. The molecule has 0 fully saturated rings. The fourth-order valence-electron chi connectivity index (χ4n) is 4.60. The molecule has 7 heteroatoms. The number of benzene rings is 3. The molecule has 5 aromatic rings. The molecule has 0 bridgehead atoms. The van der Waals surface area contributed by atoms with Gasteiger partial charge >= 0.3 is 5.97 Å². The van der Waals surface area contributed by atoms with Crippen molar-refractivity contribution in [2.24, 2.45) is 0 Å². The molecule has 1 aliphatic heterocycles. The second-order valence-corrected chi connectivity index (χ2v) is 9.54. The Morgan fingerprint density at radius 2 is 1.94 bits per heavy atom. The molecule has 1 aliphatic rings. The summed E-state index contributed by atoms with van der Waals surface area (Å²) in [7, 11) is 0. The number of nitrogens with zero attached hydrogens (tertiary/aromatic N) is 1. The first-order valence-corrected chi connectivity index (χ1v) is 12.3. The zero-order chi connectivity index (χ0) is 25.0. The third kappa shape index (κ3) is 3.72. The van der Waals surface area contributed by atoms with Crippen LogP contribution in [0.3, 0.4) is 0 Å². The zero-order valence-corrected chi connectivity index (χ0v) is 21.1. The number of Topliss-reactive ketones (excluding diaryl/α,β-unsaturated/α-hetero) is 1. The lowest BCUT2D eigenvalue weighted by Gasteiger charge is -2.06. The number of hydrogen-bond donors (Lipinski definition) is 0. The molecule has 0 radical (unpaired) electrons. The second kappa shape index (κ2) is 8.53. The van der Waals surface area contributed by atoms with Crippen LogP contribution in [0.1, 0.15) is 39.0 Å². The first-order valence-electron chi connectivity index (χ1n) is 11.5. The monoisotopic (exact) mass is 541 g/mol. The number of carbonyl (C=O) groups is 2. The average molecular weight is 542 g/mol. The van der Waals surface area contributed by atoms with E-state index >= 15 is 0 Å². The van der Waals surface area contributed by atoms with E-state index in [4.69, 9.17) is 13.9 Å². The van der Waals surface area contributed by atoms with E-state index in [9.17, 15) is 9.59 Å². The minimum atomic E-state index is -0.630. The molecule has 178 valence electrons. The Hall–Kier alpha value is -4.10. The van der Waals surface area contributed by atoms with E-state index in [0.717, 1.165) is 32.9 Å².